The Bertz CT molecular complexity index is 541. The minimum absolute atomic E-state index is 0.311. The number of nitrogens with one attached hydrogen (secondary N) is 1. The van der Waals surface area contributed by atoms with E-state index < -0.39 is 0 Å². The molecule has 2 rings (SSSR count). The van der Waals surface area contributed by atoms with Crippen LogP contribution in [-0.4, -0.2) is 14.8 Å². The van der Waals surface area contributed by atoms with Crippen LogP contribution in [-0.2, 0) is 0 Å². The van der Waals surface area contributed by atoms with Gasteiger partial charge >= 0.3 is 5.69 Å². The van der Waals surface area contributed by atoms with Gasteiger partial charge in [0.1, 0.15) is 0 Å². The SMILES string of the molecule is CC(N)c1n[nH]c(=O)n1-c1ccc(Cl)cc1. The Morgan fingerprint density at radius 1 is 1.44 bits per heavy atom. The molecule has 1 unspecified atom stereocenters. The van der Waals surface area contributed by atoms with Crippen molar-refractivity contribution >= 4 is 11.6 Å². The second-order valence-corrected chi connectivity index (χ2v) is 3.92. The Morgan fingerprint density at radius 3 is 2.62 bits per heavy atom. The van der Waals surface area contributed by atoms with Crippen LogP contribution in [0.5, 0.6) is 0 Å². The van der Waals surface area contributed by atoms with E-state index in [2.05, 4.69) is 10.2 Å². The number of benzene rings is 1. The van der Waals surface area contributed by atoms with Crippen molar-refractivity contribution in [3.05, 3.63) is 45.6 Å². The van der Waals surface area contributed by atoms with Crippen LogP contribution in [0, 0.1) is 0 Å². The zero-order valence-electron chi connectivity index (χ0n) is 8.64. The van der Waals surface area contributed by atoms with Crippen molar-refractivity contribution in [3.63, 3.8) is 0 Å². The number of halogens is 1. The number of hydrogen-bond donors (Lipinski definition) is 2. The molecule has 0 aliphatic rings. The second-order valence-electron chi connectivity index (χ2n) is 3.49. The lowest BCUT2D eigenvalue weighted by Gasteiger charge is -2.07. The molecule has 2 aromatic rings. The van der Waals surface area contributed by atoms with Crippen LogP contribution >= 0.6 is 11.6 Å². The maximum absolute atomic E-state index is 11.6. The molecule has 1 heterocycles. The van der Waals surface area contributed by atoms with Gasteiger partial charge in [-0.3, -0.25) is 0 Å². The summed E-state index contributed by atoms with van der Waals surface area (Å²) in [7, 11) is 0. The minimum Gasteiger partial charge on any atom is -0.322 e. The normalized spacial score (nSPS) is 12.7. The largest absolute Gasteiger partial charge is 0.347 e. The first kappa shape index (κ1) is 10.9. The quantitative estimate of drug-likeness (QED) is 0.826. The monoisotopic (exact) mass is 238 g/mol. The Balaban J connectivity index is 2.59. The lowest BCUT2D eigenvalue weighted by molar-refractivity contribution is 0.712. The van der Waals surface area contributed by atoms with Gasteiger partial charge in [0, 0.05) is 5.02 Å². The molecule has 0 fully saturated rings. The Labute approximate surface area is 96.8 Å². The first-order valence-corrected chi connectivity index (χ1v) is 5.16. The van der Waals surface area contributed by atoms with Crippen molar-refractivity contribution in [1.82, 2.24) is 14.8 Å². The predicted molar refractivity (Wildman–Crippen MR) is 61.8 cm³/mol. The van der Waals surface area contributed by atoms with Gasteiger partial charge in [0.15, 0.2) is 5.82 Å². The van der Waals surface area contributed by atoms with Gasteiger partial charge in [0.25, 0.3) is 0 Å². The highest BCUT2D eigenvalue weighted by Gasteiger charge is 2.13. The average molecular weight is 239 g/mol. The summed E-state index contributed by atoms with van der Waals surface area (Å²) >= 11 is 5.78. The zero-order valence-corrected chi connectivity index (χ0v) is 9.40. The van der Waals surface area contributed by atoms with E-state index in [0.29, 0.717) is 16.5 Å². The molecule has 0 spiro atoms. The van der Waals surface area contributed by atoms with E-state index >= 15 is 0 Å². The summed E-state index contributed by atoms with van der Waals surface area (Å²) < 4.78 is 1.43. The first-order chi connectivity index (χ1) is 7.59. The van der Waals surface area contributed by atoms with Crippen LogP contribution in [0.4, 0.5) is 0 Å². The third-order valence-electron chi connectivity index (χ3n) is 2.19. The fraction of sp³-hybridized carbons (Fsp3) is 0.200. The number of rotatable bonds is 2. The van der Waals surface area contributed by atoms with Gasteiger partial charge in [0.05, 0.1) is 11.7 Å². The van der Waals surface area contributed by atoms with E-state index in [4.69, 9.17) is 17.3 Å². The third-order valence-corrected chi connectivity index (χ3v) is 2.44. The molecule has 5 nitrogen and oxygen atoms in total. The van der Waals surface area contributed by atoms with E-state index in [1.54, 1.807) is 31.2 Å². The van der Waals surface area contributed by atoms with Crippen molar-refractivity contribution in [2.45, 2.75) is 13.0 Å². The molecule has 84 valence electrons. The van der Waals surface area contributed by atoms with Gasteiger partial charge in [-0.25, -0.2) is 14.5 Å². The topological polar surface area (TPSA) is 76.7 Å². The summed E-state index contributed by atoms with van der Waals surface area (Å²) in [6, 6.07) is 6.58. The van der Waals surface area contributed by atoms with Crippen LogP contribution in [0.15, 0.2) is 29.1 Å². The van der Waals surface area contributed by atoms with Gasteiger partial charge < -0.3 is 5.73 Å². The smallest absolute Gasteiger partial charge is 0.322 e. The average Bonchev–Trinajstić information content (AvgIpc) is 2.62. The molecule has 16 heavy (non-hydrogen) atoms. The summed E-state index contributed by atoms with van der Waals surface area (Å²) in [4.78, 5) is 11.6. The summed E-state index contributed by atoms with van der Waals surface area (Å²) in [5, 5.41) is 6.87. The molecule has 1 aromatic heterocycles. The molecule has 0 aliphatic carbocycles. The molecule has 0 saturated heterocycles. The van der Waals surface area contributed by atoms with Gasteiger partial charge in [-0.15, -0.1) is 0 Å². The number of aromatic nitrogens is 3. The summed E-state index contributed by atoms with van der Waals surface area (Å²) in [5.74, 6) is 0.493. The fourth-order valence-corrected chi connectivity index (χ4v) is 1.58. The molecule has 0 saturated carbocycles. The Hall–Kier alpha value is -1.59. The summed E-state index contributed by atoms with van der Waals surface area (Å²) in [6.07, 6.45) is 0. The van der Waals surface area contributed by atoms with Crippen molar-refractivity contribution in [2.24, 2.45) is 5.73 Å². The van der Waals surface area contributed by atoms with E-state index in [1.165, 1.54) is 4.57 Å². The van der Waals surface area contributed by atoms with Crippen LogP contribution in [0.1, 0.15) is 18.8 Å². The minimum atomic E-state index is -0.324. The van der Waals surface area contributed by atoms with Crippen LogP contribution in [0.2, 0.25) is 5.02 Å². The molecular formula is C10H11ClN4O. The lowest BCUT2D eigenvalue weighted by atomic mass is 10.3. The van der Waals surface area contributed by atoms with Crippen molar-refractivity contribution in [2.75, 3.05) is 0 Å². The highest BCUT2D eigenvalue weighted by molar-refractivity contribution is 6.30. The fourth-order valence-electron chi connectivity index (χ4n) is 1.45. The third kappa shape index (κ3) is 1.87. The Morgan fingerprint density at radius 2 is 2.06 bits per heavy atom. The highest BCUT2D eigenvalue weighted by atomic mass is 35.5. The Kier molecular flexibility index (Phi) is 2.80. The number of aromatic amines is 1. The lowest BCUT2D eigenvalue weighted by Crippen LogP contribution is -2.20. The van der Waals surface area contributed by atoms with Crippen molar-refractivity contribution in [3.8, 4) is 5.69 Å². The highest BCUT2D eigenvalue weighted by Crippen LogP contribution is 2.14. The van der Waals surface area contributed by atoms with Gasteiger partial charge in [0.2, 0.25) is 0 Å². The second kappa shape index (κ2) is 4.11. The van der Waals surface area contributed by atoms with Crippen molar-refractivity contribution < 1.29 is 0 Å². The summed E-state index contributed by atoms with van der Waals surface area (Å²) in [6.45, 7) is 1.77. The number of hydrogen-bond acceptors (Lipinski definition) is 3. The van der Waals surface area contributed by atoms with E-state index in [9.17, 15) is 4.79 Å². The zero-order chi connectivity index (χ0) is 11.7. The van der Waals surface area contributed by atoms with Crippen LogP contribution in [0.3, 0.4) is 0 Å². The van der Waals surface area contributed by atoms with E-state index in [-0.39, 0.29) is 11.7 Å². The van der Waals surface area contributed by atoms with E-state index in [1.807, 2.05) is 0 Å². The molecule has 0 aliphatic heterocycles. The molecule has 3 N–H and O–H groups in total. The number of nitrogens with zero attached hydrogens (tertiary/aromatic N) is 2. The van der Waals surface area contributed by atoms with Gasteiger partial charge in [-0.05, 0) is 31.2 Å². The maximum atomic E-state index is 11.6. The molecular weight excluding hydrogens is 228 g/mol. The molecule has 0 amide bonds. The number of nitrogens with two attached hydrogens (primary N) is 1. The van der Waals surface area contributed by atoms with Crippen LogP contribution < -0.4 is 11.4 Å². The summed E-state index contributed by atoms with van der Waals surface area (Å²) in [5.41, 5.74) is 6.11. The molecule has 6 heteroatoms. The van der Waals surface area contributed by atoms with Crippen molar-refractivity contribution in [1.29, 1.82) is 0 Å². The maximum Gasteiger partial charge on any atom is 0.347 e. The molecule has 1 atom stereocenters. The predicted octanol–water partition coefficient (Wildman–Crippen LogP) is 1.23. The molecule has 0 bridgehead atoms. The first-order valence-electron chi connectivity index (χ1n) is 4.78. The molecule has 0 radical (unpaired) electrons. The van der Waals surface area contributed by atoms with Crippen LogP contribution in [0.25, 0.3) is 5.69 Å². The van der Waals surface area contributed by atoms with Gasteiger partial charge in [-0.2, -0.15) is 5.10 Å². The molecule has 1 aromatic carbocycles. The standard InChI is InChI=1S/C10H11ClN4O/c1-6(12)9-13-14-10(16)15(9)8-4-2-7(11)3-5-8/h2-6H,12H2,1H3,(H,14,16). The number of H-pyrrole nitrogens is 1. The van der Waals surface area contributed by atoms with Gasteiger partial charge in [-0.1, -0.05) is 11.6 Å². The van der Waals surface area contributed by atoms with E-state index in [0.717, 1.165) is 0 Å².